The first-order valence-corrected chi connectivity index (χ1v) is 6.27. The van der Waals surface area contributed by atoms with E-state index in [9.17, 15) is 9.90 Å². The van der Waals surface area contributed by atoms with Crippen molar-refractivity contribution in [3.63, 3.8) is 0 Å². The molecular weight excluding hydrogens is 250 g/mol. The first kappa shape index (κ1) is 14.7. The first-order chi connectivity index (χ1) is 8.47. The van der Waals surface area contributed by atoms with Gasteiger partial charge in [0.25, 0.3) is 0 Å². The maximum atomic E-state index is 11.6. The van der Waals surface area contributed by atoms with E-state index in [1.165, 1.54) is 6.08 Å². The number of carbonyl (C=O) groups excluding carboxylic acids is 1. The number of carbonyl (C=O) groups is 1. The number of hydrogen-bond donors (Lipinski definition) is 2. The average Bonchev–Trinajstić information content (AvgIpc) is 2.27. The highest BCUT2D eigenvalue weighted by Gasteiger charge is 2.07. The molecule has 1 aromatic rings. The normalized spacial score (nSPS) is 14.4. The van der Waals surface area contributed by atoms with Crippen molar-refractivity contribution < 1.29 is 9.90 Å². The van der Waals surface area contributed by atoms with Crippen molar-refractivity contribution >= 4 is 23.6 Å². The number of halogens is 1. The number of nitrogens with one attached hydrogen (secondary N) is 1. The summed E-state index contributed by atoms with van der Waals surface area (Å²) < 4.78 is 0. The van der Waals surface area contributed by atoms with E-state index in [0.717, 1.165) is 5.56 Å². The molecule has 0 fully saturated rings. The van der Waals surface area contributed by atoms with Crippen LogP contribution >= 0.6 is 11.6 Å². The molecule has 0 saturated heterocycles. The first-order valence-electron chi connectivity index (χ1n) is 5.89. The largest absolute Gasteiger partial charge is 0.393 e. The number of hydrogen-bond acceptors (Lipinski definition) is 2. The summed E-state index contributed by atoms with van der Waals surface area (Å²) in [6, 6.07) is 7.17. The molecule has 0 aromatic heterocycles. The summed E-state index contributed by atoms with van der Waals surface area (Å²) >= 11 is 5.76. The number of rotatable bonds is 5. The van der Waals surface area contributed by atoms with Gasteiger partial charge in [-0.1, -0.05) is 23.7 Å². The van der Waals surface area contributed by atoms with E-state index in [-0.39, 0.29) is 11.9 Å². The van der Waals surface area contributed by atoms with E-state index in [1.54, 1.807) is 25.1 Å². The Morgan fingerprint density at radius 3 is 2.56 bits per heavy atom. The van der Waals surface area contributed by atoms with Gasteiger partial charge in [-0.15, -0.1) is 0 Å². The van der Waals surface area contributed by atoms with E-state index in [1.807, 2.05) is 19.1 Å². The highest BCUT2D eigenvalue weighted by Crippen LogP contribution is 2.10. The van der Waals surface area contributed by atoms with Crippen LogP contribution in [0.3, 0.4) is 0 Å². The second-order valence-corrected chi connectivity index (χ2v) is 4.82. The molecule has 0 aliphatic rings. The fourth-order valence-corrected chi connectivity index (χ4v) is 1.73. The van der Waals surface area contributed by atoms with Crippen LogP contribution in [0, 0.1) is 0 Å². The number of benzene rings is 1. The van der Waals surface area contributed by atoms with Crippen LogP contribution in [0.25, 0.3) is 6.08 Å². The third kappa shape index (κ3) is 5.84. The van der Waals surface area contributed by atoms with Crippen LogP contribution in [0.2, 0.25) is 5.02 Å². The summed E-state index contributed by atoms with van der Waals surface area (Å²) in [6.45, 7) is 3.56. The zero-order chi connectivity index (χ0) is 13.5. The molecule has 18 heavy (non-hydrogen) atoms. The molecule has 2 unspecified atom stereocenters. The molecule has 0 bridgehead atoms. The Kier molecular flexibility index (Phi) is 5.89. The minimum atomic E-state index is -0.416. The highest BCUT2D eigenvalue weighted by molar-refractivity contribution is 6.30. The zero-order valence-electron chi connectivity index (χ0n) is 10.6. The van der Waals surface area contributed by atoms with Gasteiger partial charge < -0.3 is 10.4 Å². The average molecular weight is 268 g/mol. The predicted octanol–water partition coefficient (Wildman–Crippen LogP) is 2.63. The Balaban J connectivity index is 2.46. The Morgan fingerprint density at radius 2 is 2.00 bits per heavy atom. The summed E-state index contributed by atoms with van der Waals surface area (Å²) in [6.07, 6.45) is 3.32. The molecule has 0 radical (unpaired) electrons. The predicted molar refractivity (Wildman–Crippen MR) is 74.4 cm³/mol. The Morgan fingerprint density at radius 1 is 1.39 bits per heavy atom. The van der Waals surface area contributed by atoms with Crippen LogP contribution in [-0.2, 0) is 4.79 Å². The number of aliphatic hydroxyl groups is 1. The molecule has 2 N–H and O–H groups in total. The van der Waals surface area contributed by atoms with Gasteiger partial charge in [0.05, 0.1) is 6.10 Å². The smallest absolute Gasteiger partial charge is 0.244 e. The van der Waals surface area contributed by atoms with Crippen LogP contribution in [0.15, 0.2) is 30.3 Å². The minimum absolute atomic E-state index is 0.0487. The molecule has 0 aliphatic carbocycles. The number of amides is 1. The van der Waals surface area contributed by atoms with Crippen LogP contribution in [0.4, 0.5) is 0 Å². The Labute approximate surface area is 112 Å². The van der Waals surface area contributed by atoms with Crippen molar-refractivity contribution in [2.75, 3.05) is 0 Å². The van der Waals surface area contributed by atoms with Gasteiger partial charge in [0.1, 0.15) is 0 Å². The fourth-order valence-electron chi connectivity index (χ4n) is 1.61. The topological polar surface area (TPSA) is 49.3 Å². The molecule has 1 aromatic carbocycles. The molecule has 0 saturated carbocycles. The fraction of sp³-hybridized carbons (Fsp3) is 0.357. The van der Waals surface area contributed by atoms with Gasteiger partial charge in [0, 0.05) is 17.1 Å². The lowest BCUT2D eigenvalue weighted by Crippen LogP contribution is -2.33. The number of aliphatic hydroxyl groups excluding tert-OH is 1. The molecule has 1 rings (SSSR count). The van der Waals surface area contributed by atoms with E-state index in [0.29, 0.717) is 11.4 Å². The van der Waals surface area contributed by atoms with E-state index >= 15 is 0 Å². The standard InChI is InChI=1S/C14H18ClNO2/c1-10(9-11(2)17)16-14(18)8-5-12-3-6-13(15)7-4-12/h3-8,10-11,17H,9H2,1-2H3,(H,16,18)/b8-5+. The van der Waals surface area contributed by atoms with Gasteiger partial charge in [0.15, 0.2) is 0 Å². The lowest BCUT2D eigenvalue weighted by molar-refractivity contribution is -0.117. The van der Waals surface area contributed by atoms with Gasteiger partial charge >= 0.3 is 0 Å². The third-order valence-corrected chi connectivity index (χ3v) is 2.63. The van der Waals surface area contributed by atoms with Crippen molar-refractivity contribution in [2.24, 2.45) is 0 Å². The van der Waals surface area contributed by atoms with E-state index < -0.39 is 6.10 Å². The monoisotopic (exact) mass is 267 g/mol. The SMILES string of the molecule is CC(O)CC(C)NC(=O)/C=C/c1ccc(Cl)cc1. The zero-order valence-corrected chi connectivity index (χ0v) is 11.3. The molecule has 1 amide bonds. The van der Waals surface area contributed by atoms with Gasteiger partial charge in [-0.25, -0.2) is 0 Å². The second-order valence-electron chi connectivity index (χ2n) is 4.38. The molecule has 4 heteroatoms. The summed E-state index contributed by atoms with van der Waals surface area (Å²) in [5.41, 5.74) is 0.915. The van der Waals surface area contributed by atoms with E-state index in [2.05, 4.69) is 5.32 Å². The summed E-state index contributed by atoms with van der Waals surface area (Å²) in [5, 5.41) is 12.6. The van der Waals surface area contributed by atoms with Gasteiger partial charge in [0.2, 0.25) is 5.91 Å². The lowest BCUT2D eigenvalue weighted by atomic mass is 10.1. The van der Waals surface area contributed by atoms with Crippen molar-refractivity contribution in [1.82, 2.24) is 5.32 Å². The van der Waals surface area contributed by atoms with E-state index in [4.69, 9.17) is 11.6 Å². The molecule has 0 heterocycles. The summed E-state index contributed by atoms with van der Waals surface area (Å²) in [5.74, 6) is -0.168. The van der Waals surface area contributed by atoms with Crippen molar-refractivity contribution in [2.45, 2.75) is 32.4 Å². The molecule has 0 aliphatic heterocycles. The molecular formula is C14H18ClNO2. The Hall–Kier alpha value is -1.32. The molecule has 98 valence electrons. The summed E-state index contributed by atoms with van der Waals surface area (Å²) in [4.78, 5) is 11.6. The molecule has 2 atom stereocenters. The minimum Gasteiger partial charge on any atom is -0.393 e. The van der Waals surface area contributed by atoms with Crippen LogP contribution in [-0.4, -0.2) is 23.2 Å². The second kappa shape index (κ2) is 7.19. The molecule has 3 nitrogen and oxygen atoms in total. The maximum absolute atomic E-state index is 11.6. The van der Waals surface area contributed by atoms with Crippen LogP contribution in [0.1, 0.15) is 25.8 Å². The Bertz CT molecular complexity index is 412. The van der Waals surface area contributed by atoms with Crippen LogP contribution in [0.5, 0.6) is 0 Å². The third-order valence-electron chi connectivity index (χ3n) is 2.38. The highest BCUT2D eigenvalue weighted by atomic mass is 35.5. The van der Waals surface area contributed by atoms with Gasteiger partial charge in [-0.2, -0.15) is 0 Å². The van der Waals surface area contributed by atoms with Gasteiger partial charge in [-0.05, 0) is 44.0 Å². The van der Waals surface area contributed by atoms with Crippen molar-refractivity contribution in [1.29, 1.82) is 0 Å². The lowest BCUT2D eigenvalue weighted by Gasteiger charge is -2.13. The van der Waals surface area contributed by atoms with Gasteiger partial charge in [-0.3, -0.25) is 4.79 Å². The molecule has 0 spiro atoms. The summed E-state index contributed by atoms with van der Waals surface area (Å²) in [7, 11) is 0. The maximum Gasteiger partial charge on any atom is 0.244 e. The van der Waals surface area contributed by atoms with Crippen molar-refractivity contribution in [3.8, 4) is 0 Å². The quantitative estimate of drug-likeness (QED) is 0.806. The van der Waals surface area contributed by atoms with Crippen LogP contribution < -0.4 is 5.32 Å². The van der Waals surface area contributed by atoms with Crippen molar-refractivity contribution in [3.05, 3.63) is 40.9 Å².